The lowest BCUT2D eigenvalue weighted by Crippen LogP contribution is -2.38. The Hall–Kier alpha value is -2.43. The lowest BCUT2D eigenvalue weighted by atomic mass is 10.1. The van der Waals surface area contributed by atoms with Crippen LogP contribution in [0.5, 0.6) is 0 Å². The largest absolute Gasteiger partial charge is 0.299 e. The molecule has 0 aliphatic heterocycles. The maximum Gasteiger partial charge on any atom is 0.264 e. The average Bonchev–Trinajstić information content (AvgIpc) is 3.16. The van der Waals surface area contributed by atoms with Crippen LogP contribution in [0.4, 0.5) is 10.8 Å². The van der Waals surface area contributed by atoms with Gasteiger partial charge in [0, 0.05) is 0 Å². The Bertz CT molecular complexity index is 1160. The monoisotopic (exact) mass is 462 g/mol. The second-order valence-electron chi connectivity index (χ2n) is 6.74. The first-order chi connectivity index (χ1) is 14.2. The molecule has 7 nitrogen and oxygen atoms in total. The summed E-state index contributed by atoms with van der Waals surface area (Å²) in [6.07, 6.45) is 1.86. The molecule has 1 heterocycles. The number of carbonyl (C=O) groups excluding carboxylic acids is 1. The molecule has 3 rings (SSSR count). The fraction of sp³-hybridized carbons (Fsp3) is 0.250. The van der Waals surface area contributed by atoms with Crippen LogP contribution in [-0.2, 0) is 14.8 Å². The van der Waals surface area contributed by atoms with Gasteiger partial charge in [0.1, 0.15) is 6.54 Å². The second kappa shape index (κ2) is 9.15. The minimum absolute atomic E-state index is 0.127. The number of nitrogens with zero attached hydrogens (tertiary/aromatic N) is 3. The Morgan fingerprint density at radius 1 is 1.07 bits per heavy atom. The molecule has 1 amide bonds. The van der Waals surface area contributed by atoms with E-state index in [2.05, 4.69) is 15.5 Å². The normalized spacial score (nSPS) is 11.3. The number of hydrogen-bond acceptors (Lipinski definition) is 7. The van der Waals surface area contributed by atoms with Crippen LogP contribution < -0.4 is 9.62 Å². The molecule has 2 aromatic carbocycles. The average molecular weight is 463 g/mol. The van der Waals surface area contributed by atoms with Gasteiger partial charge in [-0.2, -0.15) is 0 Å². The van der Waals surface area contributed by atoms with Gasteiger partial charge in [0.05, 0.1) is 10.6 Å². The molecule has 158 valence electrons. The molecule has 0 saturated carbocycles. The van der Waals surface area contributed by atoms with Crippen LogP contribution in [0.15, 0.2) is 51.7 Å². The van der Waals surface area contributed by atoms with Crippen molar-refractivity contribution in [2.45, 2.75) is 30.0 Å². The minimum atomic E-state index is -3.96. The van der Waals surface area contributed by atoms with Gasteiger partial charge in [-0.25, -0.2) is 8.42 Å². The molecule has 0 atom stereocenters. The molecule has 0 fully saturated rings. The fourth-order valence-electron chi connectivity index (χ4n) is 2.76. The van der Waals surface area contributed by atoms with Crippen molar-refractivity contribution in [1.29, 1.82) is 0 Å². The smallest absolute Gasteiger partial charge is 0.264 e. The molecule has 30 heavy (non-hydrogen) atoms. The van der Waals surface area contributed by atoms with Gasteiger partial charge in [0.25, 0.3) is 10.0 Å². The summed E-state index contributed by atoms with van der Waals surface area (Å²) >= 11 is 2.66. The first kappa shape index (κ1) is 22.3. The molecule has 0 saturated heterocycles. The zero-order chi connectivity index (χ0) is 21.9. The molecule has 0 unspecified atom stereocenters. The molecule has 10 heteroatoms. The summed E-state index contributed by atoms with van der Waals surface area (Å²) in [5, 5.41) is 10.8. The van der Waals surface area contributed by atoms with Crippen molar-refractivity contribution in [3.63, 3.8) is 0 Å². The maximum absolute atomic E-state index is 13.5. The number of hydrogen-bond donors (Lipinski definition) is 1. The Kier molecular flexibility index (Phi) is 6.79. The highest BCUT2D eigenvalue weighted by Crippen LogP contribution is 2.28. The summed E-state index contributed by atoms with van der Waals surface area (Å²) < 4.78 is 28.8. The first-order valence-corrected chi connectivity index (χ1v) is 12.5. The van der Waals surface area contributed by atoms with Crippen LogP contribution in [0.3, 0.4) is 0 Å². The van der Waals surface area contributed by atoms with Gasteiger partial charge in [0.15, 0.2) is 4.34 Å². The number of sulfonamides is 1. The van der Waals surface area contributed by atoms with Gasteiger partial charge in [-0.3, -0.25) is 14.4 Å². The number of anilines is 2. The van der Waals surface area contributed by atoms with Crippen molar-refractivity contribution in [3.8, 4) is 0 Å². The summed E-state index contributed by atoms with van der Waals surface area (Å²) in [5.74, 6) is -0.490. The van der Waals surface area contributed by atoms with E-state index >= 15 is 0 Å². The zero-order valence-corrected chi connectivity index (χ0v) is 19.5. The molecule has 0 spiro atoms. The standard InChI is InChI=1S/C20H22N4O3S3/c1-13-6-9-16(10-7-13)30(26,27)24(17-11-14(2)5-8-15(17)3)12-18(25)21-19-22-23-20(28-4)29-19/h5-11H,12H2,1-4H3,(H,21,22,25). The molecule has 1 aromatic heterocycles. The number of thioether (sulfide) groups is 1. The van der Waals surface area contributed by atoms with Crippen molar-refractivity contribution in [1.82, 2.24) is 10.2 Å². The lowest BCUT2D eigenvalue weighted by molar-refractivity contribution is -0.114. The molecule has 0 radical (unpaired) electrons. The van der Waals surface area contributed by atoms with E-state index in [0.29, 0.717) is 15.2 Å². The predicted molar refractivity (Wildman–Crippen MR) is 122 cm³/mol. The highest BCUT2D eigenvalue weighted by atomic mass is 32.2. The topological polar surface area (TPSA) is 92.3 Å². The van der Waals surface area contributed by atoms with Crippen LogP contribution in [0.2, 0.25) is 0 Å². The number of aromatic nitrogens is 2. The predicted octanol–water partition coefficient (Wildman–Crippen LogP) is 4.02. The molecular weight excluding hydrogens is 440 g/mol. The Morgan fingerprint density at radius 3 is 2.37 bits per heavy atom. The van der Waals surface area contributed by atoms with Crippen LogP contribution in [0.1, 0.15) is 16.7 Å². The number of nitrogens with one attached hydrogen (secondary N) is 1. The fourth-order valence-corrected chi connectivity index (χ4v) is 5.42. The van der Waals surface area contributed by atoms with Gasteiger partial charge >= 0.3 is 0 Å². The maximum atomic E-state index is 13.5. The number of rotatable bonds is 7. The lowest BCUT2D eigenvalue weighted by Gasteiger charge is -2.26. The van der Waals surface area contributed by atoms with E-state index in [1.54, 1.807) is 30.3 Å². The van der Waals surface area contributed by atoms with Gasteiger partial charge in [-0.05, 0) is 56.4 Å². The van der Waals surface area contributed by atoms with Crippen LogP contribution in [0, 0.1) is 20.8 Å². The Balaban J connectivity index is 1.98. The van der Waals surface area contributed by atoms with E-state index in [0.717, 1.165) is 21.0 Å². The first-order valence-electron chi connectivity index (χ1n) is 9.04. The summed E-state index contributed by atoms with van der Waals surface area (Å²) in [7, 11) is -3.96. The van der Waals surface area contributed by atoms with Crippen LogP contribution in [-0.4, -0.2) is 37.3 Å². The highest BCUT2D eigenvalue weighted by molar-refractivity contribution is 8.00. The van der Waals surface area contributed by atoms with Crippen molar-refractivity contribution < 1.29 is 13.2 Å². The van der Waals surface area contributed by atoms with Crippen molar-refractivity contribution in [2.24, 2.45) is 0 Å². The third kappa shape index (κ3) is 5.00. The third-order valence-corrected chi connectivity index (χ3v) is 7.95. The van der Waals surface area contributed by atoms with E-state index in [-0.39, 0.29) is 11.4 Å². The van der Waals surface area contributed by atoms with Gasteiger partial charge in [-0.15, -0.1) is 10.2 Å². The van der Waals surface area contributed by atoms with Gasteiger partial charge in [-0.1, -0.05) is 52.9 Å². The molecule has 0 aliphatic rings. The molecule has 0 aliphatic carbocycles. The molecule has 0 bridgehead atoms. The van der Waals surface area contributed by atoms with E-state index in [1.807, 2.05) is 39.2 Å². The van der Waals surface area contributed by atoms with E-state index in [9.17, 15) is 13.2 Å². The summed E-state index contributed by atoms with van der Waals surface area (Å²) in [6, 6.07) is 12.1. The number of amides is 1. The van der Waals surface area contributed by atoms with Crippen molar-refractivity contribution in [2.75, 3.05) is 22.4 Å². The van der Waals surface area contributed by atoms with Gasteiger partial charge in [0.2, 0.25) is 11.0 Å². The SMILES string of the molecule is CSc1nnc(NC(=O)CN(c2cc(C)ccc2C)S(=O)(=O)c2ccc(C)cc2)s1. The highest BCUT2D eigenvalue weighted by Gasteiger charge is 2.28. The van der Waals surface area contributed by atoms with Crippen LogP contribution in [0.25, 0.3) is 0 Å². The number of benzene rings is 2. The van der Waals surface area contributed by atoms with Crippen LogP contribution >= 0.6 is 23.1 Å². The second-order valence-corrected chi connectivity index (χ2v) is 10.6. The Morgan fingerprint density at radius 2 is 1.73 bits per heavy atom. The molecule has 3 aromatic rings. The quantitative estimate of drug-likeness (QED) is 0.421. The minimum Gasteiger partial charge on any atom is -0.299 e. The summed E-state index contributed by atoms with van der Waals surface area (Å²) in [6.45, 7) is 5.20. The van der Waals surface area contributed by atoms with Gasteiger partial charge < -0.3 is 0 Å². The number of carbonyl (C=O) groups is 1. The number of aryl methyl sites for hydroxylation is 3. The molecule has 1 N–H and O–H groups in total. The van der Waals surface area contributed by atoms with Crippen molar-refractivity contribution >= 4 is 49.8 Å². The van der Waals surface area contributed by atoms with E-state index in [1.165, 1.54) is 23.1 Å². The summed E-state index contributed by atoms with van der Waals surface area (Å²) in [5.41, 5.74) is 3.07. The zero-order valence-electron chi connectivity index (χ0n) is 17.0. The van der Waals surface area contributed by atoms with E-state index < -0.39 is 15.9 Å². The summed E-state index contributed by atoms with van der Waals surface area (Å²) in [4.78, 5) is 12.9. The van der Waals surface area contributed by atoms with Crippen molar-refractivity contribution in [3.05, 3.63) is 59.2 Å². The molecular formula is C20H22N4O3S3. The Labute approximate surface area is 184 Å². The van der Waals surface area contributed by atoms with E-state index in [4.69, 9.17) is 0 Å². The third-order valence-electron chi connectivity index (χ3n) is 4.36.